The van der Waals surface area contributed by atoms with Crippen LogP contribution in [0.1, 0.15) is 0 Å². The molecule has 3 N–H and O–H groups in total. The summed E-state index contributed by atoms with van der Waals surface area (Å²) in [5, 5.41) is 7.62. The zero-order chi connectivity index (χ0) is 13.1. The molecule has 0 aromatic heterocycles. The number of rotatable bonds is 4. The molecule has 0 radical (unpaired) electrons. The molecule has 0 aromatic rings. The Kier molecular flexibility index (Phi) is 8.48. The van der Waals surface area contributed by atoms with Crippen LogP contribution in [0.4, 0.5) is 9.59 Å². The number of hydrogen-bond donors (Lipinski definition) is 3. The van der Waals surface area contributed by atoms with Crippen LogP contribution in [-0.4, -0.2) is 36.6 Å². The van der Waals surface area contributed by atoms with Gasteiger partial charge in [-0.1, -0.05) is 23.9 Å². The monoisotopic (exact) mass is 256 g/mol. The van der Waals surface area contributed by atoms with Gasteiger partial charge in [-0.15, -0.1) is 13.2 Å². The van der Waals surface area contributed by atoms with Gasteiger partial charge in [0.2, 0.25) is 0 Å². The molecule has 0 aliphatic carbocycles. The van der Waals surface area contributed by atoms with Crippen LogP contribution in [0.15, 0.2) is 30.3 Å². The number of nitrogens with zero attached hydrogens (tertiary/aromatic N) is 1. The lowest BCUT2D eigenvalue weighted by Gasteiger charge is -2.06. The zero-order valence-corrected chi connectivity index (χ0v) is 10.5. The van der Waals surface area contributed by atoms with Gasteiger partial charge in [0.1, 0.15) is 0 Å². The predicted molar refractivity (Wildman–Crippen MR) is 71.3 cm³/mol. The van der Waals surface area contributed by atoms with Crippen LogP contribution < -0.4 is 16.0 Å². The summed E-state index contributed by atoms with van der Waals surface area (Å²) in [7, 11) is 0. The fraction of sp³-hybridized carbons (Fsp3) is 0.300. The Bertz CT molecular complexity index is 328. The van der Waals surface area contributed by atoms with Gasteiger partial charge in [-0.25, -0.2) is 9.59 Å². The lowest BCUT2D eigenvalue weighted by Crippen LogP contribution is -2.39. The van der Waals surface area contributed by atoms with Crippen LogP contribution >= 0.6 is 11.8 Å². The number of carbonyl (C=O) groups is 2. The second kappa shape index (κ2) is 9.46. The van der Waals surface area contributed by atoms with Gasteiger partial charge in [-0.2, -0.15) is 4.99 Å². The second-order valence-corrected chi connectivity index (χ2v) is 3.51. The van der Waals surface area contributed by atoms with Crippen molar-refractivity contribution in [2.75, 3.05) is 19.3 Å². The van der Waals surface area contributed by atoms with Crippen LogP contribution in [0, 0.1) is 0 Å². The van der Waals surface area contributed by atoms with E-state index in [4.69, 9.17) is 0 Å². The number of hydrogen-bond acceptors (Lipinski definition) is 3. The summed E-state index contributed by atoms with van der Waals surface area (Å²) < 4.78 is 0. The molecule has 0 fully saturated rings. The Morgan fingerprint density at radius 2 is 1.82 bits per heavy atom. The normalized spacial score (nSPS) is 10.3. The highest BCUT2D eigenvalue weighted by Gasteiger charge is 2.05. The second-order valence-electron chi connectivity index (χ2n) is 2.72. The van der Waals surface area contributed by atoms with Crippen LogP contribution in [-0.2, 0) is 0 Å². The van der Waals surface area contributed by atoms with Gasteiger partial charge in [0.15, 0.2) is 5.17 Å². The molecule has 0 saturated heterocycles. The number of amidine groups is 1. The molecule has 0 aliphatic heterocycles. The molecule has 94 valence electrons. The molecule has 0 unspecified atom stereocenters. The largest absolute Gasteiger partial charge is 0.343 e. The predicted octanol–water partition coefficient (Wildman–Crippen LogP) is 1.09. The smallest absolute Gasteiger partial charge is 0.334 e. The van der Waals surface area contributed by atoms with Crippen molar-refractivity contribution in [1.82, 2.24) is 16.0 Å². The first-order valence-corrected chi connectivity index (χ1v) is 6.03. The molecule has 0 saturated carbocycles. The summed E-state index contributed by atoms with van der Waals surface area (Å²) in [4.78, 5) is 26.1. The van der Waals surface area contributed by atoms with Crippen LogP contribution in [0.25, 0.3) is 0 Å². The quantitative estimate of drug-likeness (QED) is 0.400. The molecule has 6 nitrogen and oxygen atoms in total. The average molecular weight is 256 g/mol. The van der Waals surface area contributed by atoms with E-state index in [0.29, 0.717) is 13.1 Å². The minimum Gasteiger partial charge on any atom is -0.334 e. The summed E-state index contributed by atoms with van der Waals surface area (Å²) in [6.45, 7) is 7.59. The first-order valence-electron chi connectivity index (χ1n) is 4.81. The Labute approximate surface area is 105 Å². The Morgan fingerprint density at radius 1 is 1.24 bits per heavy atom. The maximum atomic E-state index is 11.3. The standard InChI is InChI=1S/C10H16N4O2S/c1-4-6-11-8(15)13-10(17-3)14-9(16)12-7-5-2/h4-5H,1-2,6-7H2,3H3,(H3,11,12,13,14,15,16). The highest BCUT2D eigenvalue weighted by molar-refractivity contribution is 8.13. The molecule has 7 heteroatoms. The van der Waals surface area contributed by atoms with Crippen LogP contribution in [0.2, 0.25) is 0 Å². The number of thioether (sulfide) groups is 1. The fourth-order valence-corrected chi connectivity index (χ4v) is 1.09. The van der Waals surface area contributed by atoms with Gasteiger partial charge < -0.3 is 10.6 Å². The average Bonchev–Trinajstić information content (AvgIpc) is 2.32. The lowest BCUT2D eigenvalue weighted by molar-refractivity contribution is 0.246. The maximum absolute atomic E-state index is 11.3. The summed E-state index contributed by atoms with van der Waals surface area (Å²) in [5.74, 6) is 0. The molecule has 0 aromatic carbocycles. The molecule has 0 bridgehead atoms. The SMILES string of the molecule is C=CCNC(=O)N=C(NC(=O)NCC=C)SC. The minimum atomic E-state index is -0.529. The Morgan fingerprint density at radius 3 is 2.35 bits per heavy atom. The minimum absolute atomic E-state index is 0.216. The van der Waals surface area contributed by atoms with E-state index in [1.54, 1.807) is 12.3 Å². The van der Waals surface area contributed by atoms with Gasteiger partial charge in [0.25, 0.3) is 0 Å². The molecule has 4 amide bonds. The van der Waals surface area contributed by atoms with Gasteiger partial charge >= 0.3 is 12.1 Å². The number of urea groups is 2. The number of aliphatic imine (C=N–C) groups is 1. The highest BCUT2D eigenvalue weighted by Crippen LogP contribution is 1.95. The highest BCUT2D eigenvalue weighted by atomic mass is 32.2. The van der Waals surface area contributed by atoms with Crippen molar-refractivity contribution in [2.24, 2.45) is 4.99 Å². The third-order valence-electron chi connectivity index (χ3n) is 1.42. The summed E-state index contributed by atoms with van der Waals surface area (Å²) in [5.41, 5.74) is 0. The van der Waals surface area contributed by atoms with Crippen molar-refractivity contribution < 1.29 is 9.59 Å². The van der Waals surface area contributed by atoms with E-state index in [1.165, 1.54) is 6.08 Å². The maximum Gasteiger partial charge on any atom is 0.343 e. The van der Waals surface area contributed by atoms with Gasteiger partial charge in [-0.05, 0) is 6.26 Å². The third-order valence-corrected chi connectivity index (χ3v) is 2.00. The third kappa shape index (κ3) is 8.09. The Balaban J connectivity index is 4.25. The van der Waals surface area contributed by atoms with E-state index in [1.807, 2.05) is 0 Å². The summed E-state index contributed by atoms with van der Waals surface area (Å²) >= 11 is 1.16. The molecule has 0 aliphatic rings. The fourth-order valence-electron chi connectivity index (χ4n) is 0.722. The zero-order valence-electron chi connectivity index (χ0n) is 9.66. The van der Waals surface area contributed by atoms with Crippen molar-refractivity contribution in [1.29, 1.82) is 0 Å². The molecular formula is C10H16N4O2S. The molecule has 0 heterocycles. The summed E-state index contributed by atoms with van der Waals surface area (Å²) in [6.07, 6.45) is 4.79. The van der Waals surface area contributed by atoms with Crippen molar-refractivity contribution >= 4 is 29.0 Å². The number of nitrogens with one attached hydrogen (secondary N) is 3. The van der Waals surface area contributed by atoms with Crippen molar-refractivity contribution in [3.05, 3.63) is 25.3 Å². The lowest BCUT2D eigenvalue weighted by atomic mass is 10.6. The van der Waals surface area contributed by atoms with E-state index >= 15 is 0 Å². The molecule has 17 heavy (non-hydrogen) atoms. The first-order chi connectivity index (χ1) is 8.13. The molecule has 0 spiro atoms. The summed E-state index contributed by atoms with van der Waals surface area (Å²) in [6, 6.07) is -0.965. The molecular weight excluding hydrogens is 240 g/mol. The Hall–Kier alpha value is -1.76. The molecule has 0 rings (SSSR count). The van der Waals surface area contributed by atoms with Gasteiger partial charge in [-0.3, -0.25) is 5.32 Å². The van der Waals surface area contributed by atoms with Crippen molar-refractivity contribution in [2.45, 2.75) is 0 Å². The van der Waals surface area contributed by atoms with Crippen LogP contribution in [0.5, 0.6) is 0 Å². The van der Waals surface area contributed by atoms with E-state index in [-0.39, 0.29) is 5.17 Å². The van der Waals surface area contributed by atoms with Crippen molar-refractivity contribution in [3.8, 4) is 0 Å². The van der Waals surface area contributed by atoms with Crippen LogP contribution in [0.3, 0.4) is 0 Å². The topological polar surface area (TPSA) is 82.6 Å². The molecule has 0 atom stereocenters. The van der Waals surface area contributed by atoms with Crippen molar-refractivity contribution in [3.63, 3.8) is 0 Å². The number of amides is 4. The van der Waals surface area contributed by atoms with E-state index in [0.717, 1.165) is 11.8 Å². The van der Waals surface area contributed by atoms with E-state index < -0.39 is 12.1 Å². The van der Waals surface area contributed by atoms with Gasteiger partial charge in [0.05, 0.1) is 0 Å². The van der Waals surface area contributed by atoms with Gasteiger partial charge in [0, 0.05) is 13.1 Å². The number of carbonyl (C=O) groups excluding carboxylic acids is 2. The first kappa shape index (κ1) is 15.2. The van der Waals surface area contributed by atoms with E-state index in [9.17, 15) is 9.59 Å². The van der Waals surface area contributed by atoms with E-state index in [2.05, 4.69) is 34.1 Å².